The maximum Gasteiger partial charge on any atom is 0.227 e. The topological polar surface area (TPSA) is 76.4 Å². The number of hydrogen-bond acceptors (Lipinski definition) is 4. The van der Waals surface area contributed by atoms with Crippen LogP contribution in [0.25, 0.3) is 0 Å². The van der Waals surface area contributed by atoms with E-state index in [4.69, 9.17) is 0 Å². The van der Waals surface area contributed by atoms with Crippen molar-refractivity contribution in [1.82, 2.24) is 0 Å². The van der Waals surface area contributed by atoms with E-state index in [1.807, 2.05) is 36.1 Å². The maximum atomic E-state index is 13.4. The summed E-state index contributed by atoms with van der Waals surface area (Å²) in [5.74, 6) is -0.357. The Hall–Kier alpha value is -3.40. The van der Waals surface area contributed by atoms with Crippen molar-refractivity contribution in [3.05, 3.63) is 53.3 Å². The zero-order chi connectivity index (χ0) is 22.1. The fourth-order valence-corrected chi connectivity index (χ4v) is 4.48. The van der Waals surface area contributed by atoms with Crippen LogP contribution in [0.1, 0.15) is 43.2 Å². The lowest BCUT2D eigenvalue weighted by molar-refractivity contribution is -0.120. The average molecular weight is 420 g/mol. The first kappa shape index (κ1) is 20.9. The van der Waals surface area contributed by atoms with E-state index in [0.717, 1.165) is 16.9 Å². The van der Waals surface area contributed by atoms with E-state index < -0.39 is 5.82 Å². The second-order valence-corrected chi connectivity index (χ2v) is 8.36. The van der Waals surface area contributed by atoms with Gasteiger partial charge in [-0.15, -0.1) is 0 Å². The van der Waals surface area contributed by atoms with Gasteiger partial charge in [0, 0.05) is 43.9 Å². The normalized spacial score (nSPS) is 19.0. The highest BCUT2D eigenvalue weighted by atomic mass is 19.1. The van der Waals surface area contributed by atoms with Crippen molar-refractivity contribution in [2.24, 2.45) is 5.92 Å². The minimum Gasteiger partial charge on any atom is -0.370 e. The van der Waals surface area contributed by atoms with Gasteiger partial charge in [0.15, 0.2) is 0 Å². The molecule has 1 unspecified atom stereocenters. The molecule has 0 bridgehead atoms. The van der Waals surface area contributed by atoms with Crippen LogP contribution in [0.2, 0.25) is 0 Å². The van der Waals surface area contributed by atoms with Crippen LogP contribution in [0, 0.1) is 23.1 Å². The van der Waals surface area contributed by atoms with Crippen molar-refractivity contribution in [2.75, 3.05) is 35.3 Å². The number of carbonyl (C=O) groups is 2. The number of nitrogens with one attached hydrogen (secondary N) is 1. The van der Waals surface area contributed by atoms with Crippen LogP contribution in [-0.2, 0) is 9.59 Å². The Morgan fingerprint density at radius 1 is 1.16 bits per heavy atom. The Balaban J connectivity index is 1.41. The number of hydrogen-bond donors (Lipinski definition) is 1. The summed E-state index contributed by atoms with van der Waals surface area (Å²) in [4.78, 5) is 28.6. The summed E-state index contributed by atoms with van der Waals surface area (Å²) in [6, 6.07) is 12.0. The first-order chi connectivity index (χ1) is 14.9. The van der Waals surface area contributed by atoms with Gasteiger partial charge < -0.3 is 15.1 Å². The van der Waals surface area contributed by atoms with Crippen molar-refractivity contribution in [2.45, 2.75) is 32.1 Å². The van der Waals surface area contributed by atoms with Crippen LogP contribution in [-0.4, -0.2) is 32.0 Å². The number of amides is 2. The molecule has 0 aliphatic carbocycles. The van der Waals surface area contributed by atoms with Gasteiger partial charge in [0.25, 0.3) is 0 Å². The Kier molecular flexibility index (Phi) is 5.64. The maximum absolute atomic E-state index is 13.4. The number of fused-ring (bicyclic) bond motifs is 1. The van der Waals surface area contributed by atoms with Gasteiger partial charge in [0.1, 0.15) is 11.9 Å². The Bertz CT molecular complexity index is 1070. The van der Waals surface area contributed by atoms with E-state index in [9.17, 15) is 19.2 Å². The predicted octanol–water partition coefficient (Wildman–Crippen LogP) is 4.02. The molecule has 1 fully saturated rings. The molecule has 0 spiro atoms. The minimum absolute atomic E-state index is 0.0212. The second kappa shape index (κ2) is 8.38. The second-order valence-electron chi connectivity index (χ2n) is 8.36. The van der Waals surface area contributed by atoms with E-state index in [0.29, 0.717) is 43.6 Å². The highest BCUT2D eigenvalue weighted by Crippen LogP contribution is 2.37. The molecule has 1 atom stereocenters. The predicted molar refractivity (Wildman–Crippen MR) is 118 cm³/mol. The number of nitrogens with zero attached hydrogens (tertiary/aromatic N) is 3. The summed E-state index contributed by atoms with van der Waals surface area (Å²) in [6.45, 7) is 3.29. The van der Waals surface area contributed by atoms with Crippen LogP contribution >= 0.6 is 0 Å². The monoisotopic (exact) mass is 420 g/mol. The molecule has 2 aliphatic rings. The van der Waals surface area contributed by atoms with E-state index >= 15 is 0 Å². The number of benzene rings is 2. The summed E-state index contributed by atoms with van der Waals surface area (Å²) in [5.41, 5.74) is 3.73. The van der Waals surface area contributed by atoms with E-state index in [-0.39, 0.29) is 23.7 Å². The Morgan fingerprint density at radius 3 is 2.58 bits per heavy atom. The molecule has 6 nitrogen and oxygen atoms in total. The minimum atomic E-state index is -0.426. The number of carbonyl (C=O) groups excluding carboxylic acids is 2. The molecule has 2 aromatic carbocycles. The van der Waals surface area contributed by atoms with Crippen molar-refractivity contribution >= 4 is 28.9 Å². The van der Waals surface area contributed by atoms with Crippen LogP contribution in [0.15, 0.2) is 36.4 Å². The SMILES string of the molecule is CC1CC(=O)N(C)c2ccc(NC(=O)C3CCN(c4ccc(F)cc4C#N)CC3)cc21. The molecular formula is C24H25FN4O2. The standard InChI is InChI=1S/C24H25FN4O2/c1-15-11-23(30)28(2)22-6-4-19(13-20(15)22)27-24(31)16-7-9-29(10-8-16)21-5-3-18(25)12-17(21)14-26/h3-6,12-13,15-16H,7-11H2,1-2H3,(H,27,31). The van der Waals surface area contributed by atoms with Gasteiger partial charge in [-0.05, 0) is 60.7 Å². The third kappa shape index (κ3) is 4.11. The molecular weight excluding hydrogens is 395 g/mol. The molecule has 4 rings (SSSR count). The average Bonchev–Trinajstić information content (AvgIpc) is 2.77. The van der Waals surface area contributed by atoms with Crippen molar-refractivity contribution in [3.63, 3.8) is 0 Å². The fourth-order valence-electron chi connectivity index (χ4n) is 4.48. The molecule has 0 saturated carbocycles. The van der Waals surface area contributed by atoms with Gasteiger partial charge in [0.05, 0.1) is 11.3 Å². The number of nitriles is 1. The lowest BCUT2D eigenvalue weighted by Crippen LogP contribution is -2.38. The molecule has 1 saturated heterocycles. The summed E-state index contributed by atoms with van der Waals surface area (Å²) in [7, 11) is 1.78. The van der Waals surface area contributed by atoms with Gasteiger partial charge in [-0.1, -0.05) is 6.92 Å². The van der Waals surface area contributed by atoms with Crippen molar-refractivity contribution in [3.8, 4) is 6.07 Å². The molecule has 0 radical (unpaired) electrons. The fraction of sp³-hybridized carbons (Fsp3) is 0.375. The van der Waals surface area contributed by atoms with Crippen molar-refractivity contribution < 1.29 is 14.0 Å². The highest BCUT2D eigenvalue weighted by molar-refractivity contribution is 5.98. The quantitative estimate of drug-likeness (QED) is 0.814. The first-order valence-corrected chi connectivity index (χ1v) is 10.5. The van der Waals surface area contributed by atoms with Crippen LogP contribution in [0.3, 0.4) is 0 Å². The molecule has 31 heavy (non-hydrogen) atoms. The van der Waals surface area contributed by atoms with E-state index in [2.05, 4.69) is 5.32 Å². The summed E-state index contributed by atoms with van der Waals surface area (Å²) in [5, 5.41) is 12.3. The van der Waals surface area contributed by atoms with E-state index in [1.54, 1.807) is 18.0 Å². The molecule has 7 heteroatoms. The third-order valence-electron chi connectivity index (χ3n) is 6.33. The number of piperidine rings is 1. The summed E-state index contributed by atoms with van der Waals surface area (Å²) in [6.07, 6.45) is 1.78. The third-order valence-corrected chi connectivity index (χ3v) is 6.33. The van der Waals surface area contributed by atoms with E-state index in [1.165, 1.54) is 12.1 Å². The Labute approximate surface area is 181 Å². The van der Waals surface area contributed by atoms with Crippen molar-refractivity contribution in [1.29, 1.82) is 5.26 Å². The number of anilines is 3. The molecule has 2 aromatic rings. The lowest BCUT2D eigenvalue weighted by Gasteiger charge is -2.33. The molecule has 2 amide bonds. The first-order valence-electron chi connectivity index (χ1n) is 10.5. The summed E-state index contributed by atoms with van der Waals surface area (Å²) < 4.78 is 13.4. The number of halogens is 1. The summed E-state index contributed by atoms with van der Waals surface area (Å²) >= 11 is 0. The van der Waals surface area contributed by atoms with Crippen LogP contribution < -0.4 is 15.1 Å². The molecule has 2 aliphatic heterocycles. The van der Waals surface area contributed by atoms with Gasteiger partial charge in [-0.3, -0.25) is 9.59 Å². The van der Waals surface area contributed by atoms with Gasteiger partial charge in [0.2, 0.25) is 11.8 Å². The van der Waals surface area contributed by atoms with Gasteiger partial charge in [-0.2, -0.15) is 5.26 Å². The van der Waals surface area contributed by atoms with Gasteiger partial charge in [-0.25, -0.2) is 4.39 Å². The lowest BCUT2D eigenvalue weighted by atomic mass is 9.90. The molecule has 0 aromatic heterocycles. The molecule has 2 heterocycles. The molecule has 1 N–H and O–H groups in total. The van der Waals surface area contributed by atoms with Crippen LogP contribution in [0.4, 0.5) is 21.5 Å². The van der Waals surface area contributed by atoms with Gasteiger partial charge >= 0.3 is 0 Å². The smallest absolute Gasteiger partial charge is 0.227 e. The Morgan fingerprint density at radius 2 is 1.87 bits per heavy atom. The van der Waals surface area contributed by atoms with Crippen LogP contribution in [0.5, 0.6) is 0 Å². The number of rotatable bonds is 3. The largest absolute Gasteiger partial charge is 0.370 e. The highest BCUT2D eigenvalue weighted by Gasteiger charge is 2.29. The zero-order valence-corrected chi connectivity index (χ0v) is 17.7. The molecule has 160 valence electrons. The zero-order valence-electron chi connectivity index (χ0n) is 17.7.